The lowest BCUT2D eigenvalue weighted by Gasteiger charge is -2.22. The highest BCUT2D eigenvalue weighted by Gasteiger charge is 2.20. The average molecular weight is 239 g/mol. The minimum Gasteiger partial charge on any atom is -0.306 e. The van der Waals surface area contributed by atoms with Crippen LogP contribution in [0.1, 0.15) is 31.4 Å². The first-order chi connectivity index (χ1) is 7.81. The van der Waals surface area contributed by atoms with E-state index in [0.29, 0.717) is 6.04 Å². The van der Waals surface area contributed by atoms with Gasteiger partial charge in [0.15, 0.2) is 0 Å². The molecule has 1 nitrogen and oxygen atoms in total. The van der Waals surface area contributed by atoms with E-state index in [1.165, 1.54) is 12.2 Å². The van der Waals surface area contributed by atoms with Gasteiger partial charge in [-0.25, -0.2) is 4.39 Å². The summed E-state index contributed by atoms with van der Waals surface area (Å²) in [5, 5.41) is 3.56. The molecule has 0 bridgehead atoms. The van der Waals surface area contributed by atoms with Gasteiger partial charge in [0.2, 0.25) is 0 Å². The molecule has 0 aromatic heterocycles. The number of nitrogens with one attached hydrogen (secondary N) is 1. The summed E-state index contributed by atoms with van der Waals surface area (Å²) < 4.78 is 13.7. The van der Waals surface area contributed by atoms with Crippen molar-refractivity contribution in [3.05, 3.63) is 35.6 Å². The van der Waals surface area contributed by atoms with E-state index in [4.69, 9.17) is 0 Å². The fourth-order valence-electron chi connectivity index (χ4n) is 2.14. The molecule has 1 aromatic rings. The molecule has 1 aliphatic heterocycles. The first-order valence-corrected chi connectivity index (χ1v) is 7.05. The van der Waals surface area contributed by atoms with Gasteiger partial charge in [0.25, 0.3) is 0 Å². The van der Waals surface area contributed by atoms with E-state index < -0.39 is 0 Å². The summed E-state index contributed by atoms with van der Waals surface area (Å²) in [7, 11) is 0. The molecular formula is C13H18FNS. The van der Waals surface area contributed by atoms with Gasteiger partial charge in [0.05, 0.1) is 0 Å². The summed E-state index contributed by atoms with van der Waals surface area (Å²) in [6.07, 6.45) is 2.14. The van der Waals surface area contributed by atoms with E-state index in [9.17, 15) is 4.39 Å². The molecule has 0 saturated carbocycles. The zero-order chi connectivity index (χ0) is 11.4. The Morgan fingerprint density at radius 3 is 2.94 bits per heavy atom. The van der Waals surface area contributed by atoms with Gasteiger partial charge in [0, 0.05) is 23.4 Å². The maximum Gasteiger partial charge on any atom is 0.127 e. The van der Waals surface area contributed by atoms with E-state index in [0.717, 1.165) is 17.7 Å². The van der Waals surface area contributed by atoms with Crippen molar-refractivity contribution in [1.82, 2.24) is 5.32 Å². The third kappa shape index (κ3) is 2.77. The first-order valence-electron chi connectivity index (χ1n) is 5.89. The van der Waals surface area contributed by atoms with E-state index in [2.05, 4.69) is 12.2 Å². The van der Waals surface area contributed by atoms with Crippen LogP contribution in [-0.2, 0) is 0 Å². The second kappa shape index (κ2) is 5.69. The standard InChI is InChI=1S/C13H18FNS/c1-2-13(15-10-7-8-16-9-10)11-5-3-4-6-12(11)14/h3-6,10,13,15H,2,7-9H2,1H3. The molecule has 88 valence electrons. The highest BCUT2D eigenvalue weighted by Crippen LogP contribution is 2.24. The largest absolute Gasteiger partial charge is 0.306 e. The first kappa shape index (κ1) is 11.9. The van der Waals surface area contributed by atoms with Crippen LogP contribution in [0.5, 0.6) is 0 Å². The summed E-state index contributed by atoms with van der Waals surface area (Å²) in [6.45, 7) is 2.10. The van der Waals surface area contributed by atoms with Crippen LogP contribution in [0.2, 0.25) is 0 Å². The van der Waals surface area contributed by atoms with Crippen LogP contribution >= 0.6 is 11.8 Å². The van der Waals surface area contributed by atoms with Crippen LogP contribution < -0.4 is 5.32 Å². The third-order valence-corrected chi connectivity index (χ3v) is 4.22. The number of benzene rings is 1. The quantitative estimate of drug-likeness (QED) is 0.864. The van der Waals surface area contributed by atoms with E-state index in [-0.39, 0.29) is 11.9 Å². The van der Waals surface area contributed by atoms with Crippen molar-refractivity contribution < 1.29 is 4.39 Å². The average Bonchev–Trinajstić information content (AvgIpc) is 2.80. The van der Waals surface area contributed by atoms with Gasteiger partial charge in [-0.2, -0.15) is 11.8 Å². The number of halogens is 1. The molecule has 1 heterocycles. The lowest BCUT2D eigenvalue weighted by atomic mass is 10.0. The Bertz CT molecular complexity index is 336. The normalized spacial score (nSPS) is 22.2. The molecule has 1 aliphatic rings. The minimum atomic E-state index is -0.0903. The molecule has 2 atom stereocenters. The molecule has 2 rings (SSSR count). The van der Waals surface area contributed by atoms with Gasteiger partial charge in [0.1, 0.15) is 5.82 Å². The zero-order valence-electron chi connectivity index (χ0n) is 9.58. The van der Waals surface area contributed by atoms with Crippen LogP contribution in [-0.4, -0.2) is 17.5 Å². The maximum atomic E-state index is 13.7. The molecule has 1 aromatic carbocycles. The van der Waals surface area contributed by atoms with E-state index >= 15 is 0 Å². The van der Waals surface area contributed by atoms with E-state index in [1.54, 1.807) is 12.1 Å². The molecule has 0 amide bonds. The number of rotatable bonds is 4. The smallest absolute Gasteiger partial charge is 0.127 e. The lowest BCUT2D eigenvalue weighted by molar-refractivity contribution is 0.435. The monoisotopic (exact) mass is 239 g/mol. The molecule has 1 N–H and O–H groups in total. The van der Waals surface area contributed by atoms with Crippen molar-refractivity contribution in [2.24, 2.45) is 0 Å². The van der Waals surface area contributed by atoms with Crippen molar-refractivity contribution in [2.45, 2.75) is 31.8 Å². The van der Waals surface area contributed by atoms with Crippen LogP contribution in [0.25, 0.3) is 0 Å². The van der Waals surface area contributed by atoms with Gasteiger partial charge in [-0.1, -0.05) is 25.1 Å². The fourth-order valence-corrected chi connectivity index (χ4v) is 3.30. The number of hydrogen-bond donors (Lipinski definition) is 1. The van der Waals surface area contributed by atoms with Gasteiger partial charge < -0.3 is 5.32 Å². The van der Waals surface area contributed by atoms with Crippen LogP contribution in [0, 0.1) is 5.82 Å². The molecule has 16 heavy (non-hydrogen) atoms. The van der Waals surface area contributed by atoms with Gasteiger partial charge in [-0.15, -0.1) is 0 Å². The second-order valence-electron chi connectivity index (χ2n) is 4.21. The maximum absolute atomic E-state index is 13.7. The number of hydrogen-bond acceptors (Lipinski definition) is 2. The Kier molecular flexibility index (Phi) is 4.24. The highest BCUT2D eigenvalue weighted by atomic mass is 32.2. The Morgan fingerprint density at radius 1 is 1.50 bits per heavy atom. The summed E-state index contributed by atoms with van der Waals surface area (Å²) in [4.78, 5) is 0. The second-order valence-corrected chi connectivity index (χ2v) is 5.36. The van der Waals surface area contributed by atoms with Crippen molar-refractivity contribution in [3.63, 3.8) is 0 Å². The third-order valence-electron chi connectivity index (χ3n) is 3.06. The van der Waals surface area contributed by atoms with Crippen LogP contribution in [0.4, 0.5) is 4.39 Å². The van der Waals surface area contributed by atoms with Crippen molar-refractivity contribution in [2.75, 3.05) is 11.5 Å². The van der Waals surface area contributed by atoms with Gasteiger partial charge in [-0.3, -0.25) is 0 Å². The highest BCUT2D eigenvalue weighted by molar-refractivity contribution is 7.99. The molecule has 2 unspecified atom stereocenters. The topological polar surface area (TPSA) is 12.0 Å². The predicted octanol–water partition coefficient (Wildman–Crippen LogP) is 3.37. The molecular weight excluding hydrogens is 221 g/mol. The molecule has 3 heteroatoms. The van der Waals surface area contributed by atoms with Crippen molar-refractivity contribution in [3.8, 4) is 0 Å². The van der Waals surface area contributed by atoms with Crippen molar-refractivity contribution >= 4 is 11.8 Å². The summed E-state index contributed by atoms with van der Waals surface area (Å²) in [5.41, 5.74) is 0.807. The lowest BCUT2D eigenvalue weighted by Crippen LogP contribution is -2.32. The Labute approximate surface area is 101 Å². The van der Waals surface area contributed by atoms with Crippen molar-refractivity contribution in [1.29, 1.82) is 0 Å². The minimum absolute atomic E-state index is 0.0903. The molecule has 1 saturated heterocycles. The summed E-state index contributed by atoms with van der Waals surface area (Å²) in [5.74, 6) is 2.29. The Hall–Kier alpha value is -0.540. The number of thioether (sulfide) groups is 1. The van der Waals surface area contributed by atoms with Crippen LogP contribution in [0.3, 0.4) is 0 Å². The fraction of sp³-hybridized carbons (Fsp3) is 0.538. The van der Waals surface area contributed by atoms with Gasteiger partial charge in [-0.05, 0) is 24.7 Å². The predicted molar refractivity (Wildman–Crippen MR) is 68.3 cm³/mol. The summed E-state index contributed by atoms with van der Waals surface area (Å²) in [6, 6.07) is 7.80. The van der Waals surface area contributed by atoms with E-state index in [1.807, 2.05) is 23.9 Å². The SMILES string of the molecule is CCC(NC1CCSC1)c1ccccc1F. The van der Waals surface area contributed by atoms with Crippen LogP contribution in [0.15, 0.2) is 24.3 Å². The van der Waals surface area contributed by atoms with Gasteiger partial charge >= 0.3 is 0 Å². The molecule has 0 spiro atoms. The zero-order valence-corrected chi connectivity index (χ0v) is 10.4. The Balaban J connectivity index is 2.06. The summed E-state index contributed by atoms with van der Waals surface area (Å²) >= 11 is 1.98. The Morgan fingerprint density at radius 2 is 2.31 bits per heavy atom. The molecule has 0 aliphatic carbocycles. The molecule has 0 radical (unpaired) electrons. The molecule has 1 fully saturated rings.